The molecule has 5 heteroatoms. The Hall–Kier alpha value is -1.60. The van der Waals surface area contributed by atoms with E-state index in [1.54, 1.807) is 6.08 Å². The number of imide groups is 1. The fourth-order valence-corrected chi connectivity index (χ4v) is 3.71. The van der Waals surface area contributed by atoms with Crippen molar-refractivity contribution in [2.24, 2.45) is 0 Å². The van der Waals surface area contributed by atoms with Crippen molar-refractivity contribution in [3.63, 3.8) is 0 Å². The Bertz CT molecular complexity index is 772. The molecule has 2 aromatic rings. The molecule has 2 aromatic carbocycles. The van der Waals surface area contributed by atoms with Gasteiger partial charge in [0.1, 0.15) is 0 Å². The van der Waals surface area contributed by atoms with Gasteiger partial charge in [-0.2, -0.15) is 0 Å². The van der Waals surface area contributed by atoms with Gasteiger partial charge in [-0.1, -0.05) is 42.5 Å². The molecule has 0 atom stereocenters. The predicted octanol–water partition coefficient (Wildman–Crippen LogP) is 4.96. The van der Waals surface area contributed by atoms with E-state index in [-0.39, 0.29) is 11.1 Å². The molecule has 0 aromatic heterocycles. The van der Waals surface area contributed by atoms with Gasteiger partial charge in [0, 0.05) is 10.1 Å². The molecule has 1 aliphatic heterocycles. The number of carbonyl (C=O) groups is 2. The van der Waals surface area contributed by atoms with Gasteiger partial charge >= 0.3 is 0 Å². The Morgan fingerprint density at radius 1 is 1.00 bits per heavy atom. The molecule has 1 saturated heterocycles. The van der Waals surface area contributed by atoms with Crippen LogP contribution in [0.4, 0.5) is 4.79 Å². The SMILES string of the molecule is O=C1S/C(=C/c2ccc(I)cc2)C(=O)N1CCCc1ccccc1. The molecular formula is C19H16INO2S. The van der Waals surface area contributed by atoms with Crippen LogP contribution < -0.4 is 0 Å². The number of carbonyl (C=O) groups excluding carboxylic acids is 2. The van der Waals surface area contributed by atoms with Crippen LogP contribution in [0.15, 0.2) is 59.5 Å². The number of halogens is 1. The third-order valence-corrected chi connectivity index (χ3v) is 5.36. The Balaban J connectivity index is 1.62. The van der Waals surface area contributed by atoms with E-state index in [1.807, 2.05) is 42.5 Å². The molecule has 0 radical (unpaired) electrons. The van der Waals surface area contributed by atoms with Gasteiger partial charge in [-0.05, 0) is 76.5 Å². The lowest BCUT2D eigenvalue weighted by Crippen LogP contribution is -2.29. The number of rotatable bonds is 5. The Kier molecular flexibility index (Phi) is 5.73. The number of thioether (sulfide) groups is 1. The summed E-state index contributed by atoms with van der Waals surface area (Å²) in [5, 5.41) is -0.176. The normalized spacial score (nSPS) is 16.2. The first-order valence-corrected chi connectivity index (χ1v) is 9.58. The Morgan fingerprint density at radius 3 is 2.42 bits per heavy atom. The number of nitrogens with zero attached hydrogens (tertiary/aromatic N) is 1. The smallest absolute Gasteiger partial charge is 0.268 e. The molecule has 3 nitrogen and oxygen atoms in total. The molecule has 122 valence electrons. The van der Waals surface area contributed by atoms with Gasteiger partial charge in [-0.3, -0.25) is 14.5 Å². The highest BCUT2D eigenvalue weighted by atomic mass is 127. The first-order valence-electron chi connectivity index (χ1n) is 7.68. The minimum Gasteiger partial charge on any atom is -0.268 e. The zero-order valence-electron chi connectivity index (χ0n) is 12.9. The molecular weight excluding hydrogens is 433 g/mol. The summed E-state index contributed by atoms with van der Waals surface area (Å²) in [6.07, 6.45) is 3.43. The van der Waals surface area contributed by atoms with Crippen LogP contribution in [0.3, 0.4) is 0 Å². The second-order valence-corrected chi connectivity index (χ2v) is 7.71. The second kappa shape index (κ2) is 7.98. The summed E-state index contributed by atoms with van der Waals surface area (Å²) in [6, 6.07) is 18.0. The second-order valence-electron chi connectivity index (χ2n) is 5.47. The molecule has 0 unspecified atom stereocenters. The average molecular weight is 449 g/mol. The van der Waals surface area contributed by atoms with Crippen molar-refractivity contribution in [2.45, 2.75) is 12.8 Å². The highest BCUT2D eigenvalue weighted by Gasteiger charge is 2.34. The van der Waals surface area contributed by atoms with Gasteiger partial charge in [-0.25, -0.2) is 0 Å². The van der Waals surface area contributed by atoms with E-state index in [0.29, 0.717) is 11.4 Å². The first kappa shape index (κ1) is 17.2. The van der Waals surface area contributed by atoms with Crippen LogP contribution in [0.25, 0.3) is 6.08 Å². The van der Waals surface area contributed by atoms with Crippen LogP contribution in [-0.2, 0) is 11.2 Å². The highest BCUT2D eigenvalue weighted by molar-refractivity contribution is 14.1. The molecule has 3 rings (SSSR count). The molecule has 0 saturated carbocycles. The topological polar surface area (TPSA) is 37.4 Å². The predicted molar refractivity (Wildman–Crippen MR) is 107 cm³/mol. The van der Waals surface area contributed by atoms with Crippen molar-refractivity contribution in [2.75, 3.05) is 6.54 Å². The molecule has 0 bridgehead atoms. The number of amides is 2. The van der Waals surface area contributed by atoms with Crippen LogP contribution in [0, 0.1) is 3.57 Å². The zero-order valence-corrected chi connectivity index (χ0v) is 15.9. The monoisotopic (exact) mass is 449 g/mol. The van der Waals surface area contributed by atoms with Crippen LogP contribution >= 0.6 is 34.4 Å². The number of aryl methyl sites for hydroxylation is 1. The summed E-state index contributed by atoms with van der Waals surface area (Å²) in [4.78, 5) is 26.4. The van der Waals surface area contributed by atoms with Crippen LogP contribution in [-0.4, -0.2) is 22.6 Å². The van der Waals surface area contributed by atoms with Crippen LogP contribution in [0.2, 0.25) is 0 Å². The largest absolute Gasteiger partial charge is 0.293 e. The van der Waals surface area contributed by atoms with Crippen LogP contribution in [0.5, 0.6) is 0 Å². The quantitative estimate of drug-likeness (QED) is 0.479. The molecule has 1 fully saturated rings. The Morgan fingerprint density at radius 2 is 1.71 bits per heavy atom. The third kappa shape index (κ3) is 4.27. The summed E-state index contributed by atoms with van der Waals surface area (Å²) in [7, 11) is 0. The number of hydrogen-bond acceptors (Lipinski definition) is 3. The molecule has 2 amide bonds. The maximum atomic E-state index is 12.4. The number of benzene rings is 2. The number of hydrogen-bond donors (Lipinski definition) is 0. The maximum absolute atomic E-state index is 12.4. The highest BCUT2D eigenvalue weighted by Crippen LogP contribution is 2.32. The maximum Gasteiger partial charge on any atom is 0.293 e. The fraction of sp³-hybridized carbons (Fsp3) is 0.158. The molecule has 1 aliphatic rings. The van der Waals surface area contributed by atoms with Gasteiger partial charge in [0.25, 0.3) is 11.1 Å². The summed E-state index contributed by atoms with van der Waals surface area (Å²) in [5.74, 6) is -0.184. The summed E-state index contributed by atoms with van der Waals surface area (Å²) in [6.45, 7) is 0.462. The minimum absolute atomic E-state index is 0.176. The van der Waals surface area contributed by atoms with Crippen molar-refractivity contribution in [1.82, 2.24) is 4.90 Å². The molecule has 0 aliphatic carbocycles. The van der Waals surface area contributed by atoms with Gasteiger partial charge < -0.3 is 0 Å². The van der Waals surface area contributed by atoms with Crippen molar-refractivity contribution in [1.29, 1.82) is 0 Å². The summed E-state index contributed by atoms with van der Waals surface area (Å²) < 4.78 is 1.14. The molecule has 0 spiro atoms. The van der Waals surface area contributed by atoms with E-state index in [1.165, 1.54) is 10.5 Å². The van der Waals surface area contributed by atoms with E-state index >= 15 is 0 Å². The van der Waals surface area contributed by atoms with E-state index in [9.17, 15) is 9.59 Å². The lowest BCUT2D eigenvalue weighted by Gasteiger charge is -2.12. The standard InChI is InChI=1S/C19H16INO2S/c20-16-10-8-15(9-11-16)13-17-18(22)21(19(23)24-17)12-4-7-14-5-2-1-3-6-14/h1-3,5-6,8-11,13H,4,7,12H2/b17-13+. The van der Waals surface area contributed by atoms with Crippen molar-refractivity contribution in [3.05, 3.63) is 74.2 Å². The van der Waals surface area contributed by atoms with Gasteiger partial charge in [0.2, 0.25) is 0 Å². The zero-order chi connectivity index (χ0) is 16.9. The van der Waals surface area contributed by atoms with Crippen LogP contribution in [0.1, 0.15) is 17.5 Å². The molecule has 24 heavy (non-hydrogen) atoms. The fourth-order valence-electron chi connectivity index (χ4n) is 2.49. The average Bonchev–Trinajstić information content (AvgIpc) is 2.85. The van der Waals surface area contributed by atoms with Crippen molar-refractivity contribution < 1.29 is 9.59 Å². The van der Waals surface area contributed by atoms with Gasteiger partial charge in [-0.15, -0.1) is 0 Å². The van der Waals surface area contributed by atoms with Gasteiger partial charge in [0.05, 0.1) is 4.91 Å². The van der Waals surface area contributed by atoms with Gasteiger partial charge in [0.15, 0.2) is 0 Å². The molecule has 0 N–H and O–H groups in total. The third-order valence-electron chi connectivity index (χ3n) is 3.73. The Labute approximate surface area is 159 Å². The first-order chi connectivity index (χ1) is 11.6. The lowest BCUT2D eigenvalue weighted by molar-refractivity contribution is -0.122. The van der Waals surface area contributed by atoms with E-state index < -0.39 is 0 Å². The van der Waals surface area contributed by atoms with Crippen molar-refractivity contribution in [3.8, 4) is 0 Å². The minimum atomic E-state index is -0.184. The molecule has 1 heterocycles. The van der Waals surface area contributed by atoms with Crippen molar-refractivity contribution >= 4 is 51.6 Å². The van der Waals surface area contributed by atoms with E-state index in [2.05, 4.69) is 34.7 Å². The van der Waals surface area contributed by atoms with E-state index in [4.69, 9.17) is 0 Å². The lowest BCUT2D eigenvalue weighted by atomic mass is 10.1. The summed E-state index contributed by atoms with van der Waals surface area (Å²) in [5.41, 5.74) is 2.16. The summed E-state index contributed by atoms with van der Waals surface area (Å²) >= 11 is 3.26. The van der Waals surface area contributed by atoms with E-state index in [0.717, 1.165) is 33.7 Å².